The highest BCUT2D eigenvalue weighted by Gasteiger charge is 2.23. The predicted molar refractivity (Wildman–Crippen MR) is 97.7 cm³/mol. The topological polar surface area (TPSA) is 71.3 Å². The Bertz CT molecular complexity index is 702. The van der Waals surface area contributed by atoms with Crippen LogP contribution in [-0.2, 0) is 13.0 Å². The van der Waals surface area contributed by atoms with Crippen LogP contribution in [0.5, 0.6) is 0 Å². The van der Waals surface area contributed by atoms with Gasteiger partial charge in [0.15, 0.2) is 5.82 Å². The van der Waals surface area contributed by atoms with Gasteiger partial charge in [-0.2, -0.15) is 4.98 Å². The molecule has 1 N–H and O–H groups in total. The Morgan fingerprint density at radius 3 is 2.80 bits per heavy atom. The molecule has 0 aromatic carbocycles. The first-order valence-electron chi connectivity index (χ1n) is 8.90. The van der Waals surface area contributed by atoms with Gasteiger partial charge in [0, 0.05) is 30.4 Å². The lowest BCUT2D eigenvalue weighted by Gasteiger charge is -2.31. The number of aryl methyl sites for hydroxylation is 1. The van der Waals surface area contributed by atoms with Gasteiger partial charge in [-0.15, -0.1) is 11.3 Å². The van der Waals surface area contributed by atoms with E-state index in [2.05, 4.69) is 34.2 Å². The van der Waals surface area contributed by atoms with Crippen molar-refractivity contribution < 1.29 is 9.32 Å². The molecule has 1 amide bonds. The van der Waals surface area contributed by atoms with Crippen LogP contribution in [0.15, 0.2) is 16.7 Å². The molecule has 2 aromatic rings. The van der Waals surface area contributed by atoms with Gasteiger partial charge in [0.25, 0.3) is 5.91 Å². The largest absolute Gasteiger partial charge is 0.349 e. The minimum absolute atomic E-state index is 0.0491. The molecule has 7 heteroatoms. The lowest BCUT2D eigenvalue weighted by atomic mass is 10.0. The Morgan fingerprint density at radius 2 is 2.16 bits per heavy atom. The zero-order valence-electron chi connectivity index (χ0n) is 15.1. The van der Waals surface area contributed by atoms with Crippen LogP contribution in [-0.4, -0.2) is 40.1 Å². The molecule has 0 radical (unpaired) electrons. The Balaban J connectivity index is 1.44. The number of nitrogens with zero attached hydrogens (tertiary/aromatic N) is 3. The van der Waals surface area contributed by atoms with Gasteiger partial charge < -0.3 is 9.84 Å². The Kier molecular flexibility index (Phi) is 5.86. The first-order chi connectivity index (χ1) is 12.0. The fourth-order valence-electron chi connectivity index (χ4n) is 3.04. The summed E-state index contributed by atoms with van der Waals surface area (Å²) in [7, 11) is 0. The Labute approximate surface area is 152 Å². The Hall–Kier alpha value is -1.73. The SMILES string of the molecule is Cc1ccc(C(=O)NC2CCN(Cc3noc(CC(C)C)n3)CC2)s1. The predicted octanol–water partition coefficient (Wildman–Crippen LogP) is 3.03. The number of aromatic nitrogens is 2. The third-order valence-electron chi connectivity index (χ3n) is 4.34. The molecule has 3 heterocycles. The van der Waals surface area contributed by atoms with Crippen molar-refractivity contribution in [2.45, 2.75) is 52.6 Å². The molecule has 25 heavy (non-hydrogen) atoms. The lowest BCUT2D eigenvalue weighted by molar-refractivity contribution is 0.0912. The van der Waals surface area contributed by atoms with E-state index >= 15 is 0 Å². The van der Waals surface area contributed by atoms with E-state index in [0.29, 0.717) is 12.5 Å². The van der Waals surface area contributed by atoms with Gasteiger partial charge in [0.1, 0.15) is 0 Å². The maximum absolute atomic E-state index is 12.2. The van der Waals surface area contributed by atoms with Crippen LogP contribution in [0.3, 0.4) is 0 Å². The summed E-state index contributed by atoms with van der Waals surface area (Å²) >= 11 is 1.54. The molecule has 0 aliphatic carbocycles. The summed E-state index contributed by atoms with van der Waals surface area (Å²) in [5.41, 5.74) is 0. The molecule has 0 atom stereocenters. The standard InChI is InChI=1S/C18H26N4O2S/c1-12(2)10-17-20-16(21-24-17)11-22-8-6-14(7-9-22)19-18(23)15-5-4-13(3)25-15/h4-5,12,14H,6-11H2,1-3H3,(H,19,23). The smallest absolute Gasteiger partial charge is 0.261 e. The molecule has 0 unspecified atom stereocenters. The average molecular weight is 362 g/mol. The normalized spacial score (nSPS) is 16.5. The molecular weight excluding hydrogens is 336 g/mol. The van der Waals surface area contributed by atoms with Crippen molar-refractivity contribution in [3.05, 3.63) is 33.6 Å². The first-order valence-corrected chi connectivity index (χ1v) is 9.72. The van der Waals surface area contributed by atoms with Gasteiger partial charge in [0.05, 0.1) is 11.4 Å². The fourth-order valence-corrected chi connectivity index (χ4v) is 3.81. The first kappa shape index (κ1) is 18.1. The summed E-state index contributed by atoms with van der Waals surface area (Å²) in [6, 6.07) is 4.13. The van der Waals surface area contributed by atoms with Crippen molar-refractivity contribution >= 4 is 17.2 Å². The maximum atomic E-state index is 12.2. The van der Waals surface area contributed by atoms with Crippen LogP contribution in [0, 0.1) is 12.8 Å². The zero-order valence-corrected chi connectivity index (χ0v) is 15.9. The van der Waals surface area contributed by atoms with E-state index in [1.165, 1.54) is 0 Å². The summed E-state index contributed by atoms with van der Waals surface area (Å²) in [4.78, 5) is 21.0. The summed E-state index contributed by atoms with van der Waals surface area (Å²) in [5, 5.41) is 7.23. The van der Waals surface area contributed by atoms with Crippen LogP contribution in [0.25, 0.3) is 0 Å². The molecule has 136 valence electrons. The van der Waals surface area contributed by atoms with Gasteiger partial charge in [0.2, 0.25) is 5.89 Å². The van der Waals surface area contributed by atoms with Crippen LogP contribution in [0.2, 0.25) is 0 Å². The van der Waals surface area contributed by atoms with E-state index < -0.39 is 0 Å². The van der Waals surface area contributed by atoms with Gasteiger partial charge in [-0.1, -0.05) is 19.0 Å². The molecule has 1 aliphatic rings. The third-order valence-corrected chi connectivity index (χ3v) is 5.34. The van der Waals surface area contributed by atoms with Gasteiger partial charge in [-0.25, -0.2) is 0 Å². The average Bonchev–Trinajstić information content (AvgIpc) is 3.18. The molecular formula is C18H26N4O2S. The number of amides is 1. The quantitative estimate of drug-likeness (QED) is 0.855. The minimum Gasteiger partial charge on any atom is -0.349 e. The molecule has 3 rings (SSSR count). The molecule has 0 saturated carbocycles. The van der Waals surface area contributed by atoms with Crippen LogP contribution in [0.1, 0.15) is 53.0 Å². The number of carbonyl (C=O) groups is 1. The van der Waals surface area contributed by atoms with Crippen molar-refractivity contribution in [3.8, 4) is 0 Å². The second-order valence-electron chi connectivity index (χ2n) is 7.14. The molecule has 0 bridgehead atoms. The number of carbonyl (C=O) groups excluding carboxylic acids is 1. The molecule has 1 fully saturated rings. The number of nitrogens with one attached hydrogen (secondary N) is 1. The third kappa shape index (κ3) is 5.12. The van der Waals surface area contributed by atoms with E-state index in [4.69, 9.17) is 4.52 Å². The number of thiophene rings is 1. The van der Waals surface area contributed by atoms with Gasteiger partial charge >= 0.3 is 0 Å². The van der Waals surface area contributed by atoms with Crippen molar-refractivity contribution in [1.29, 1.82) is 0 Å². The number of hydrogen-bond acceptors (Lipinski definition) is 6. The van der Waals surface area contributed by atoms with E-state index in [1.54, 1.807) is 11.3 Å². The second kappa shape index (κ2) is 8.10. The van der Waals surface area contributed by atoms with Crippen LogP contribution in [0.4, 0.5) is 0 Å². The number of rotatable bonds is 6. The number of piperidine rings is 1. The molecule has 2 aromatic heterocycles. The molecule has 6 nitrogen and oxygen atoms in total. The summed E-state index contributed by atoms with van der Waals surface area (Å²) in [6.07, 6.45) is 2.73. The minimum atomic E-state index is 0.0491. The highest BCUT2D eigenvalue weighted by atomic mass is 32.1. The van der Waals surface area contributed by atoms with Crippen molar-refractivity contribution in [2.75, 3.05) is 13.1 Å². The van der Waals surface area contributed by atoms with E-state index in [-0.39, 0.29) is 11.9 Å². The highest BCUT2D eigenvalue weighted by Crippen LogP contribution is 2.17. The highest BCUT2D eigenvalue weighted by molar-refractivity contribution is 7.13. The van der Waals surface area contributed by atoms with Crippen molar-refractivity contribution in [1.82, 2.24) is 20.4 Å². The van der Waals surface area contributed by atoms with E-state index in [1.807, 2.05) is 19.1 Å². The summed E-state index contributed by atoms with van der Waals surface area (Å²) in [6.45, 7) is 8.88. The summed E-state index contributed by atoms with van der Waals surface area (Å²) in [5.74, 6) is 2.04. The zero-order chi connectivity index (χ0) is 17.8. The van der Waals surface area contributed by atoms with E-state index in [9.17, 15) is 4.79 Å². The van der Waals surface area contributed by atoms with Crippen molar-refractivity contribution in [3.63, 3.8) is 0 Å². The number of hydrogen-bond donors (Lipinski definition) is 1. The molecule has 1 aliphatic heterocycles. The van der Waals surface area contributed by atoms with Crippen LogP contribution >= 0.6 is 11.3 Å². The second-order valence-corrected chi connectivity index (χ2v) is 8.42. The number of likely N-dealkylation sites (tertiary alicyclic amines) is 1. The lowest BCUT2D eigenvalue weighted by Crippen LogP contribution is -2.44. The maximum Gasteiger partial charge on any atom is 0.261 e. The Morgan fingerprint density at radius 1 is 1.40 bits per heavy atom. The monoisotopic (exact) mass is 362 g/mol. The van der Waals surface area contributed by atoms with E-state index in [0.717, 1.165) is 53.8 Å². The van der Waals surface area contributed by atoms with Crippen molar-refractivity contribution in [2.24, 2.45) is 5.92 Å². The van der Waals surface area contributed by atoms with Gasteiger partial charge in [-0.3, -0.25) is 9.69 Å². The fraction of sp³-hybridized carbons (Fsp3) is 0.611. The molecule has 0 spiro atoms. The molecule has 1 saturated heterocycles. The summed E-state index contributed by atoms with van der Waals surface area (Å²) < 4.78 is 5.30. The van der Waals surface area contributed by atoms with Gasteiger partial charge in [-0.05, 0) is 37.8 Å². The van der Waals surface area contributed by atoms with Crippen LogP contribution < -0.4 is 5.32 Å².